The average Bonchev–Trinajstić information content (AvgIpc) is 2.77. The lowest BCUT2D eigenvalue weighted by Crippen LogP contribution is -2.01. The maximum absolute atomic E-state index is 12.0. The molecule has 0 unspecified atom stereocenters. The van der Waals surface area contributed by atoms with Crippen molar-refractivity contribution >= 4 is 5.82 Å². The number of ether oxygens (including phenoxy) is 1. The molecule has 1 heterocycles. The van der Waals surface area contributed by atoms with Gasteiger partial charge in [0, 0.05) is 12.6 Å². The summed E-state index contributed by atoms with van der Waals surface area (Å²) in [6.45, 7) is -2.84. The van der Waals surface area contributed by atoms with Crippen molar-refractivity contribution in [3.8, 4) is 17.2 Å². The number of nitrogens with zero attached hydrogens (tertiary/aromatic N) is 1. The summed E-state index contributed by atoms with van der Waals surface area (Å²) in [5.74, 6) is 0.982. The van der Waals surface area contributed by atoms with Gasteiger partial charge >= 0.3 is 6.61 Å². The number of hydrogen-bond donors (Lipinski definition) is 1. The first kappa shape index (κ1) is 11.4. The maximum atomic E-state index is 12.0. The van der Waals surface area contributed by atoms with E-state index in [0.29, 0.717) is 17.3 Å². The van der Waals surface area contributed by atoms with Crippen molar-refractivity contribution in [3.63, 3.8) is 0 Å². The zero-order valence-corrected chi connectivity index (χ0v) is 8.98. The third kappa shape index (κ3) is 2.72. The molecular formula is C11H10F2N2O2. The van der Waals surface area contributed by atoms with Crippen molar-refractivity contribution in [2.75, 3.05) is 12.4 Å². The van der Waals surface area contributed by atoms with Gasteiger partial charge in [-0.15, -0.1) is 0 Å². The number of anilines is 1. The van der Waals surface area contributed by atoms with Crippen LogP contribution in [0.25, 0.3) is 11.5 Å². The van der Waals surface area contributed by atoms with E-state index in [4.69, 9.17) is 4.42 Å². The van der Waals surface area contributed by atoms with Gasteiger partial charge in [0.25, 0.3) is 0 Å². The Morgan fingerprint density at radius 3 is 2.88 bits per heavy atom. The molecule has 0 fully saturated rings. The Kier molecular flexibility index (Phi) is 3.22. The molecular weight excluding hydrogens is 230 g/mol. The molecule has 0 aliphatic rings. The molecule has 0 amide bonds. The number of benzene rings is 1. The normalized spacial score (nSPS) is 10.6. The largest absolute Gasteiger partial charge is 0.442 e. The molecule has 0 bridgehead atoms. The number of hydrogen-bond acceptors (Lipinski definition) is 4. The Morgan fingerprint density at radius 2 is 2.24 bits per heavy atom. The molecule has 0 atom stereocenters. The van der Waals surface area contributed by atoms with Crippen LogP contribution in [0.2, 0.25) is 0 Å². The third-order valence-electron chi connectivity index (χ3n) is 2.07. The number of rotatable bonds is 4. The van der Waals surface area contributed by atoms with Crippen LogP contribution in [0.5, 0.6) is 5.75 Å². The fraction of sp³-hybridized carbons (Fsp3) is 0.182. The molecule has 1 aromatic carbocycles. The predicted molar refractivity (Wildman–Crippen MR) is 58.1 cm³/mol. The van der Waals surface area contributed by atoms with Gasteiger partial charge in [-0.3, -0.25) is 0 Å². The molecule has 0 saturated heterocycles. The van der Waals surface area contributed by atoms with Crippen LogP contribution in [-0.2, 0) is 0 Å². The standard InChI is InChI=1S/C11H10F2N2O2/c1-14-9-6-16-10(15-9)7-3-2-4-8(5-7)17-11(12)13/h2-6,11,14H,1H3. The zero-order valence-electron chi connectivity index (χ0n) is 8.98. The zero-order chi connectivity index (χ0) is 12.3. The second-order valence-electron chi connectivity index (χ2n) is 3.19. The van der Waals surface area contributed by atoms with Gasteiger partial charge in [-0.2, -0.15) is 13.8 Å². The first-order chi connectivity index (χ1) is 8.19. The second-order valence-corrected chi connectivity index (χ2v) is 3.19. The van der Waals surface area contributed by atoms with Gasteiger partial charge in [0.05, 0.1) is 0 Å². The van der Waals surface area contributed by atoms with E-state index < -0.39 is 6.61 Å². The van der Waals surface area contributed by atoms with Crippen LogP contribution in [0.4, 0.5) is 14.6 Å². The van der Waals surface area contributed by atoms with Crippen LogP contribution in [0, 0.1) is 0 Å². The summed E-state index contributed by atoms with van der Waals surface area (Å²) in [4.78, 5) is 4.10. The van der Waals surface area contributed by atoms with Crippen molar-refractivity contribution in [1.82, 2.24) is 4.98 Å². The van der Waals surface area contributed by atoms with Crippen molar-refractivity contribution < 1.29 is 17.9 Å². The fourth-order valence-corrected chi connectivity index (χ4v) is 1.33. The van der Waals surface area contributed by atoms with E-state index in [9.17, 15) is 8.78 Å². The molecule has 2 aromatic rings. The smallest absolute Gasteiger partial charge is 0.387 e. The van der Waals surface area contributed by atoms with Crippen LogP contribution in [0.3, 0.4) is 0 Å². The number of halogens is 2. The predicted octanol–water partition coefficient (Wildman–Crippen LogP) is 2.98. The lowest BCUT2D eigenvalue weighted by molar-refractivity contribution is -0.0498. The van der Waals surface area contributed by atoms with E-state index >= 15 is 0 Å². The van der Waals surface area contributed by atoms with Gasteiger partial charge < -0.3 is 14.5 Å². The van der Waals surface area contributed by atoms with E-state index in [-0.39, 0.29) is 5.75 Å². The fourth-order valence-electron chi connectivity index (χ4n) is 1.33. The molecule has 0 radical (unpaired) electrons. The van der Waals surface area contributed by atoms with Crippen molar-refractivity contribution in [2.24, 2.45) is 0 Å². The molecule has 0 saturated carbocycles. The summed E-state index contributed by atoms with van der Waals surface area (Å²) in [6.07, 6.45) is 1.44. The van der Waals surface area contributed by atoms with Gasteiger partial charge in [-0.25, -0.2) is 0 Å². The van der Waals surface area contributed by atoms with E-state index in [1.807, 2.05) is 0 Å². The van der Waals surface area contributed by atoms with Crippen LogP contribution < -0.4 is 10.1 Å². The average molecular weight is 240 g/mol. The molecule has 0 aliphatic heterocycles. The Balaban J connectivity index is 2.26. The topological polar surface area (TPSA) is 47.3 Å². The molecule has 4 nitrogen and oxygen atoms in total. The summed E-state index contributed by atoms with van der Waals surface area (Å²) in [7, 11) is 1.71. The minimum atomic E-state index is -2.84. The van der Waals surface area contributed by atoms with Crippen molar-refractivity contribution in [3.05, 3.63) is 30.5 Å². The van der Waals surface area contributed by atoms with E-state index in [1.54, 1.807) is 19.2 Å². The Hall–Kier alpha value is -2.11. The summed E-state index contributed by atoms with van der Waals surface area (Å²) in [5.41, 5.74) is 0.574. The summed E-state index contributed by atoms with van der Waals surface area (Å²) in [6, 6.07) is 6.18. The highest BCUT2D eigenvalue weighted by Gasteiger charge is 2.09. The molecule has 0 aliphatic carbocycles. The number of aromatic nitrogens is 1. The highest BCUT2D eigenvalue weighted by atomic mass is 19.3. The Morgan fingerprint density at radius 1 is 1.41 bits per heavy atom. The van der Waals surface area contributed by atoms with E-state index in [2.05, 4.69) is 15.0 Å². The van der Waals surface area contributed by atoms with Gasteiger partial charge in [0.1, 0.15) is 12.0 Å². The number of alkyl halides is 2. The van der Waals surface area contributed by atoms with Gasteiger partial charge in [0.2, 0.25) is 5.89 Å². The maximum Gasteiger partial charge on any atom is 0.387 e. The molecule has 1 aromatic heterocycles. The molecule has 17 heavy (non-hydrogen) atoms. The summed E-state index contributed by atoms with van der Waals surface area (Å²) >= 11 is 0. The Bertz CT molecular complexity index is 500. The highest BCUT2D eigenvalue weighted by molar-refractivity contribution is 5.57. The van der Waals surface area contributed by atoms with Crippen LogP contribution in [0.1, 0.15) is 0 Å². The highest BCUT2D eigenvalue weighted by Crippen LogP contribution is 2.25. The van der Waals surface area contributed by atoms with Crippen molar-refractivity contribution in [2.45, 2.75) is 6.61 Å². The Labute approximate surface area is 96.2 Å². The summed E-state index contributed by atoms with van der Waals surface area (Å²) in [5, 5.41) is 2.81. The molecule has 0 spiro atoms. The van der Waals surface area contributed by atoms with Gasteiger partial charge in [-0.1, -0.05) is 6.07 Å². The second kappa shape index (κ2) is 4.82. The van der Waals surface area contributed by atoms with E-state index in [1.165, 1.54) is 18.4 Å². The lowest BCUT2D eigenvalue weighted by Gasteiger charge is -2.04. The monoisotopic (exact) mass is 240 g/mol. The van der Waals surface area contributed by atoms with E-state index in [0.717, 1.165) is 0 Å². The minimum Gasteiger partial charge on any atom is -0.442 e. The first-order valence-electron chi connectivity index (χ1n) is 4.87. The third-order valence-corrected chi connectivity index (χ3v) is 2.07. The van der Waals surface area contributed by atoms with Crippen LogP contribution >= 0.6 is 0 Å². The van der Waals surface area contributed by atoms with Crippen molar-refractivity contribution in [1.29, 1.82) is 0 Å². The molecule has 1 N–H and O–H groups in total. The molecule has 90 valence electrons. The molecule has 6 heteroatoms. The van der Waals surface area contributed by atoms with Crippen LogP contribution in [0.15, 0.2) is 34.9 Å². The van der Waals surface area contributed by atoms with Crippen LogP contribution in [-0.4, -0.2) is 18.6 Å². The first-order valence-corrected chi connectivity index (χ1v) is 4.87. The van der Waals surface area contributed by atoms with Gasteiger partial charge in [0.15, 0.2) is 5.82 Å². The number of nitrogens with one attached hydrogen (secondary N) is 1. The quantitative estimate of drug-likeness (QED) is 0.892. The minimum absolute atomic E-state index is 0.0710. The SMILES string of the molecule is CNc1coc(-c2cccc(OC(F)F)c2)n1. The number of oxazole rings is 1. The summed E-state index contributed by atoms with van der Waals surface area (Å²) < 4.78 is 33.6. The lowest BCUT2D eigenvalue weighted by atomic mass is 10.2. The van der Waals surface area contributed by atoms with Gasteiger partial charge in [-0.05, 0) is 18.2 Å². The molecule has 2 rings (SSSR count).